The van der Waals surface area contributed by atoms with Crippen LogP contribution in [0, 0.1) is 0 Å². The van der Waals surface area contributed by atoms with Gasteiger partial charge >= 0.3 is 0 Å². The Morgan fingerprint density at radius 1 is 1.25 bits per heavy atom. The van der Waals surface area contributed by atoms with Crippen LogP contribution in [0.15, 0.2) is 18.2 Å². The first-order valence-electron chi connectivity index (χ1n) is 5.49. The number of halogens is 2. The normalized spacial score (nSPS) is 22.3. The smallest absolute Gasteiger partial charge is 0.0667 e. The third-order valence-electron chi connectivity index (χ3n) is 2.81. The first kappa shape index (κ1) is 12.2. The van der Waals surface area contributed by atoms with Gasteiger partial charge in [-0.1, -0.05) is 23.2 Å². The van der Waals surface area contributed by atoms with Crippen LogP contribution in [-0.4, -0.2) is 29.2 Å². The van der Waals surface area contributed by atoms with Gasteiger partial charge in [-0.2, -0.15) is 0 Å². The second-order valence-electron chi connectivity index (χ2n) is 4.31. The molecule has 2 rings (SSSR count). The Hall–Kier alpha value is -0.280. The Bertz CT molecular complexity index is 350. The van der Waals surface area contributed by atoms with Crippen molar-refractivity contribution in [3.05, 3.63) is 33.8 Å². The lowest BCUT2D eigenvalue weighted by Gasteiger charge is -2.30. The molecule has 1 N–H and O–H groups in total. The van der Waals surface area contributed by atoms with Crippen molar-refractivity contribution >= 4 is 23.2 Å². The number of benzene rings is 1. The van der Waals surface area contributed by atoms with Crippen LogP contribution in [0.5, 0.6) is 0 Å². The van der Waals surface area contributed by atoms with E-state index >= 15 is 0 Å². The third kappa shape index (κ3) is 3.36. The topological polar surface area (TPSA) is 23.5 Å². The van der Waals surface area contributed by atoms with E-state index in [1.807, 2.05) is 12.1 Å². The van der Waals surface area contributed by atoms with Gasteiger partial charge in [-0.05, 0) is 43.1 Å². The van der Waals surface area contributed by atoms with Gasteiger partial charge in [-0.15, -0.1) is 0 Å². The van der Waals surface area contributed by atoms with E-state index in [4.69, 9.17) is 23.2 Å². The van der Waals surface area contributed by atoms with Gasteiger partial charge in [0.15, 0.2) is 0 Å². The molecule has 0 amide bonds. The van der Waals surface area contributed by atoms with Crippen LogP contribution in [0.3, 0.4) is 0 Å². The molecule has 0 aliphatic carbocycles. The molecule has 1 unspecified atom stereocenters. The number of hydrogen-bond donors (Lipinski definition) is 1. The Labute approximate surface area is 106 Å². The Balaban J connectivity index is 2.02. The van der Waals surface area contributed by atoms with Gasteiger partial charge in [0.2, 0.25) is 0 Å². The van der Waals surface area contributed by atoms with Gasteiger partial charge < -0.3 is 5.11 Å². The summed E-state index contributed by atoms with van der Waals surface area (Å²) in [6.45, 7) is 2.57. The molecular weight excluding hydrogens is 245 g/mol. The summed E-state index contributed by atoms with van der Waals surface area (Å²) in [5.74, 6) is 0. The standard InChI is InChI=1S/C12H15Cl2NO/c13-10-4-9(5-11(14)6-10)7-15-3-1-2-12(16)8-15/h4-6,12,16H,1-3,7-8H2. The molecule has 16 heavy (non-hydrogen) atoms. The van der Waals surface area contributed by atoms with Crippen molar-refractivity contribution in [3.63, 3.8) is 0 Å². The minimum absolute atomic E-state index is 0.191. The molecule has 1 aromatic rings. The lowest BCUT2D eigenvalue weighted by molar-refractivity contribution is 0.0668. The lowest BCUT2D eigenvalue weighted by Crippen LogP contribution is -2.37. The van der Waals surface area contributed by atoms with Crippen LogP contribution >= 0.6 is 23.2 Å². The highest BCUT2D eigenvalue weighted by molar-refractivity contribution is 6.34. The molecule has 1 atom stereocenters. The van der Waals surface area contributed by atoms with Crippen LogP contribution in [-0.2, 0) is 6.54 Å². The maximum Gasteiger partial charge on any atom is 0.0667 e. The average molecular weight is 260 g/mol. The summed E-state index contributed by atoms with van der Waals surface area (Å²) in [4.78, 5) is 2.23. The third-order valence-corrected chi connectivity index (χ3v) is 3.25. The van der Waals surface area contributed by atoms with Crippen molar-refractivity contribution in [2.24, 2.45) is 0 Å². The van der Waals surface area contributed by atoms with E-state index in [1.54, 1.807) is 6.07 Å². The molecule has 0 spiro atoms. The predicted octanol–water partition coefficient (Wildman–Crippen LogP) is 2.95. The van der Waals surface area contributed by atoms with Crippen molar-refractivity contribution in [3.8, 4) is 0 Å². The number of aliphatic hydroxyl groups excluding tert-OH is 1. The van der Waals surface area contributed by atoms with Gasteiger partial charge in [-0.25, -0.2) is 0 Å². The Morgan fingerprint density at radius 3 is 2.56 bits per heavy atom. The molecule has 0 bridgehead atoms. The van der Waals surface area contributed by atoms with Crippen molar-refractivity contribution in [1.82, 2.24) is 4.90 Å². The fourth-order valence-corrected chi connectivity index (χ4v) is 2.71. The van der Waals surface area contributed by atoms with E-state index in [2.05, 4.69) is 4.90 Å². The summed E-state index contributed by atoms with van der Waals surface area (Å²) in [6.07, 6.45) is 1.77. The molecule has 1 aliphatic rings. The van der Waals surface area contributed by atoms with Gasteiger partial charge in [0.1, 0.15) is 0 Å². The maximum atomic E-state index is 9.57. The van der Waals surface area contributed by atoms with Gasteiger partial charge in [0.05, 0.1) is 6.10 Å². The van der Waals surface area contributed by atoms with Crippen LogP contribution in [0.4, 0.5) is 0 Å². The summed E-state index contributed by atoms with van der Waals surface area (Å²) in [7, 11) is 0. The molecule has 4 heteroatoms. The number of rotatable bonds is 2. The molecule has 0 radical (unpaired) electrons. The zero-order chi connectivity index (χ0) is 11.5. The minimum Gasteiger partial charge on any atom is -0.392 e. The lowest BCUT2D eigenvalue weighted by atomic mass is 10.1. The van der Waals surface area contributed by atoms with E-state index in [9.17, 15) is 5.11 Å². The first-order valence-corrected chi connectivity index (χ1v) is 6.24. The molecule has 1 heterocycles. The van der Waals surface area contributed by atoms with Gasteiger partial charge in [0.25, 0.3) is 0 Å². The second-order valence-corrected chi connectivity index (χ2v) is 5.18. The SMILES string of the molecule is OC1CCCN(Cc2cc(Cl)cc(Cl)c2)C1. The summed E-state index contributed by atoms with van der Waals surface area (Å²) < 4.78 is 0. The predicted molar refractivity (Wildman–Crippen MR) is 67.0 cm³/mol. The number of β-amino-alcohol motifs (C(OH)–C–C–N with tert-alkyl or cyclic N) is 1. The van der Waals surface area contributed by atoms with E-state index in [0.717, 1.165) is 38.0 Å². The number of nitrogens with zero attached hydrogens (tertiary/aromatic N) is 1. The summed E-state index contributed by atoms with van der Waals surface area (Å²) >= 11 is 11.9. The van der Waals surface area contributed by atoms with E-state index in [-0.39, 0.29) is 6.10 Å². The molecule has 88 valence electrons. The van der Waals surface area contributed by atoms with Crippen molar-refractivity contribution in [2.45, 2.75) is 25.5 Å². The zero-order valence-electron chi connectivity index (χ0n) is 9.00. The highest BCUT2D eigenvalue weighted by Crippen LogP contribution is 2.21. The van der Waals surface area contributed by atoms with Gasteiger partial charge in [-0.3, -0.25) is 4.90 Å². The fourth-order valence-electron chi connectivity index (χ4n) is 2.14. The minimum atomic E-state index is -0.191. The quantitative estimate of drug-likeness (QED) is 0.883. The molecule has 1 saturated heterocycles. The summed E-state index contributed by atoms with van der Waals surface area (Å²) in [5, 5.41) is 10.9. The monoisotopic (exact) mass is 259 g/mol. The van der Waals surface area contributed by atoms with Crippen molar-refractivity contribution < 1.29 is 5.11 Å². The van der Waals surface area contributed by atoms with Gasteiger partial charge in [0, 0.05) is 23.1 Å². The van der Waals surface area contributed by atoms with E-state index < -0.39 is 0 Å². The van der Waals surface area contributed by atoms with Crippen molar-refractivity contribution in [2.75, 3.05) is 13.1 Å². The molecule has 1 aliphatic heterocycles. The second kappa shape index (κ2) is 5.37. The Morgan fingerprint density at radius 2 is 1.94 bits per heavy atom. The Kier molecular flexibility index (Phi) is 4.09. The highest BCUT2D eigenvalue weighted by atomic mass is 35.5. The molecule has 2 nitrogen and oxygen atoms in total. The number of piperidine rings is 1. The molecule has 1 fully saturated rings. The fraction of sp³-hybridized carbons (Fsp3) is 0.500. The molecular formula is C12H15Cl2NO. The summed E-state index contributed by atoms with van der Waals surface area (Å²) in [6, 6.07) is 5.58. The van der Waals surface area contributed by atoms with E-state index in [0.29, 0.717) is 10.0 Å². The molecule has 0 aromatic heterocycles. The van der Waals surface area contributed by atoms with Crippen LogP contribution < -0.4 is 0 Å². The zero-order valence-corrected chi connectivity index (χ0v) is 10.5. The van der Waals surface area contributed by atoms with E-state index in [1.165, 1.54) is 0 Å². The average Bonchev–Trinajstić information content (AvgIpc) is 2.15. The molecule has 0 saturated carbocycles. The summed E-state index contributed by atoms with van der Waals surface area (Å²) in [5.41, 5.74) is 1.10. The van der Waals surface area contributed by atoms with Crippen LogP contribution in [0.1, 0.15) is 18.4 Å². The van der Waals surface area contributed by atoms with Crippen LogP contribution in [0.25, 0.3) is 0 Å². The maximum absolute atomic E-state index is 9.57. The van der Waals surface area contributed by atoms with Crippen molar-refractivity contribution in [1.29, 1.82) is 0 Å². The highest BCUT2D eigenvalue weighted by Gasteiger charge is 2.17. The number of hydrogen-bond acceptors (Lipinski definition) is 2. The largest absolute Gasteiger partial charge is 0.392 e. The number of likely N-dealkylation sites (tertiary alicyclic amines) is 1. The first-order chi connectivity index (χ1) is 7.63. The number of aliphatic hydroxyl groups is 1. The van der Waals surface area contributed by atoms with Crippen LogP contribution in [0.2, 0.25) is 10.0 Å². The molecule has 1 aromatic carbocycles.